The van der Waals surface area contributed by atoms with Crippen molar-refractivity contribution in [3.8, 4) is 5.75 Å². The Morgan fingerprint density at radius 2 is 2.25 bits per heavy atom. The van der Waals surface area contributed by atoms with Crippen LogP contribution in [-0.2, 0) is 13.0 Å². The maximum absolute atomic E-state index is 5.80. The molecule has 0 spiro atoms. The molecule has 0 fully saturated rings. The number of aromatic nitrogens is 2. The Balaban J connectivity index is 2.41. The number of aryl methyl sites for hydroxylation is 2. The Kier molecular flexibility index (Phi) is 5.17. The third-order valence-corrected chi connectivity index (χ3v) is 4.55. The largest absolute Gasteiger partial charge is 0.493 e. The molecule has 3 N–H and O–H groups in total. The van der Waals surface area contributed by atoms with Crippen molar-refractivity contribution in [3.63, 3.8) is 0 Å². The second kappa shape index (κ2) is 6.88. The van der Waals surface area contributed by atoms with Gasteiger partial charge >= 0.3 is 0 Å². The summed E-state index contributed by atoms with van der Waals surface area (Å²) in [6, 6.07) is 4.18. The molecule has 20 heavy (non-hydrogen) atoms. The fraction of sp³-hybridized carbons (Fsp3) is 0.500. The lowest BCUT2D eigenvalue weighted by Crippen LogP contribution is -2.30. The fourth-order valence-electron chi connectivity index (χ4n) is 2.25. The van der Waals surface area contributed by atoms with Gasteiger partial charge in [-0.15, -0.1) is 11.3 Å². The molecule has 0 bridgehead atoms. The molecule has 2 aromatic rings. The lowest BCUT2D eigenvalue weighted by Gasteiger charge is -2.17. The molecule has 0 amide bonds. The quantitative estimate of drug-likeness (QED) is 0.608. The summed E-state index contributed by atoms with van der Waals surface area (Å²) in [6.07, 6.45) is 3.80. The number of thiophene rings is 1. The molecule has 0 radical (unpaired) electrons. The summed E-state index contributed by atoms with van der Waals surface area (Å²) in [4.78, 5) is 2.53. The summed E-state index contributed by atoms with van der Waals surface area (Å²) < 4.78 is 7.40. The molecule has 1 unspecified atom stereocenters. The molecule has 0 aromatic carbocycles. The molecule has 0 saturated carbocycles. The lowest BCUT2D eigenvalue weighted by atomic mass is 10.1. The molecule has 110 valence electrons. The van der Waals surface area contributed by atoms with E-state index in [0.29, 0.717) is 0 Å². The van der Waals surface area contributed by atoms with Crippen molar-refractivity contribution >= 4 is 11.3 Å². The van der Waals surface area contributed by atoms with E-state index in [0.717, 1.165) is 30.8 Å². The van der Waals surface area contributed by atoms with Crippen molar-refractivity contribution in [2.75, 3.05) is 7.11 Å². The van der Waals surface area contributed by atoms with Crippen LogP contribution in [0.3, 0.4) is 0 Å². The SMILES string of the molecule is CCCn1ncc(OC)c1C(NN)c1ccc(CC)s1. The fourth-order valence-corrected chi connectivity index (χ4v) is 3.27. The number of nitrogens with two attached hydrogens (primary N) is 1. The minimum Gasteiger partial charge on any atom is -0.493 e. The van der Waals surface area contributed by atoms with E-state index < -0.39 is 0 Å². The molecule has 2 aromatic heterocycles. The summed E-state index contributed by atoms with van der Waals surface area (Å²) >= 11 is 1.77. The summed E-state index contributed by atoms with van der Waals surface area (Å²) in [5.41, 5.74) is 3.89. The van der Waals surface area contributed by atoms with Gasteiger partial charge in [0.1, 0.15) is 11.7 Å². The van der Waals surface area contributed by atoms with E-state index in [1.807, 2.05) is 4.68 Å². The first-order valence-electron chi connectivity index (χ1n) is 6.89. The molecule has 0 saturated heterocycles. The Labute approximate surface area is 123 Å². The van der Waals surface area contributed by atoms with Gasteiger partial charge in [0.15, 0.2) is 5.75 Å². The van der Waals surface area contributed by atoms with E-state index in [-0.39, 0.29) is 6.04 Å². The highest BCUT2D eigenvalue weighted by molar-refractivity contribution is 7.12. The van der Waals surface area contributed by atoms with Gasteiger partial charge in [-0.05, 0) is 25.0 Å². The van der Waals surface area contributed by atoms with Gasteiger partial charge in [-0.25, -0.2) is 5.43 Å². The van der Waals surface area contributed by atoms with Crippen LogP contribution in [0.1, 0.15) is 41.8 Å². The molecule has 0 aliphatic heterocycles. The summed E-state index contributed by atoms with van der Waals surface area (Å²) in [6.45, 7) is 5.13. The first-order valence-corrected chi connectivity index (χ1v) is 7.71. The van der Waals surface area contributed by atoms with Crippen LogP contribution < -0.4 is 16.0 Å². The number of ether oxygens (including phenoxy) is 1. The Morgan fingerprint density at radius 3 is 2.80 bits per heavy atom. The topological polar surface area (TPSA) is 65.1 Å². The van der Waals surface area contributed by atoms with Crippen LogP contribution in [0.4, 0.5) is 0 Å². The third-order valence-electron chi connectivity index (χ3n) is 3.26. The number of hydrogen-bond acceptors (Lipinski definition) is 5. The van der Waals surface area contributed by atoms with Crippen molar-refractivity contribution in [2.45, 2.75) is 39.3 Å². The van der Waals surface area contributed by atoms with E-state index in [4.69, 9.17) is 10.6 Å². The zero-order valence-electron chi connectivity index (χ0n) is 12.2. The van der Waals surface area contributed by atoms with Crippen LogP contribution in [0, 0.1) is 0 Å². The van der Waals surface area contributed by atoms with Gasteiger partial charge in [-0.1, -0.05) is 13.8 Å². The van der Waals surface area contributed by atoms with E-state index in [9.17, 15) is 0 Å². The number of nitrogens with zero attached hydrogens (tertiary/aromatic N) is 2. The standard InChI is InChI=1S/C14H22N4OS/c1-4-8-18-14(11(19-3)9-16-18)13(17-15)12-7-6-10(5-2)20-12/h6-7,9,13,17H,4-5,8,15H2,1-3H3. The van der Waals surface area contributed by atoms with Crippen LogP contribution in [0.25, 0.3) is 0 Å². The minimum atomic E-state index is -0.0932. The average Bonchev–Trinajstić information content (AvgIpc) is 3.08. The predicted molar refractivity (Wildman–Crippen MR) is 81.9 cm³/mol. The number of hydrazine groups is 1. The van der Waals surface area contributed by atoms with E-state index >= 15 is 0 Å². The summed E-state index contributed by atoms with van der Waals surface area (Å²) in [5, 5.41) is 4.40. The Bertz CT molecular complexity index is 549. The van der Waals surface area contributed by atoms with Crippen LogP contribution in [0.15, 0.2) is 18.3 Å². The van der Waals surface area contributed by atoms with E-state index in [1.54, 1.807) is 24.6 Å². The Morgan fingerprint density at radius 1 is 1.45 bits per heavy atom. The van der Waals surface area contributed by atoms with E-state index in [2.05, 4.69) is 36.5 Å². The molecule has 2 heterocycles. The molecule has 0 aliphatic rings. The van der Waals surface area contributed by atoms with Crippen molar-refractivity contribution in [3.05, 3.63) is 33.8 Å². The maximum Gasteiger partial charge on any atom is 0.162 e. The van der Waals surface area contributed by atoms with Gasteiger partial charge in [0, 0.05) is 16.3 Å². The predicted octanol–water partition coefficient (Wildman–Crippen LogP) is 2.48. The van der Waals surface area contributed by atoms with Gasteiger partial charge in [0.25, 0.3) is 0 Å². The third kappa shape index (κ3) is 2.87. The van der Waals surface area contributed by atoms with Crippen LogP contribution >= 0.6 is 11.3 Å². The average molecular weight is 294 g/mol. The van der Waals surface area contributed by atoms with Crippen molar-refractivity contribution in [2.24, 2.45) is 5.84 Å². The number of nitrogens with one attached hydrogen (secondary N) is 1. The monoisotopic (exact) mass is 294 g/mol. The normalized spacial score (nSPS) is 12.6. The smallest absolute Gasteiger partial charge is 0.162 e. The van der Waals surface area contributed by atoms with Crippen molar-refractivity contribution in [1.29, 1.82) is 0 Å². The van der Waals surface area contributed by atoms with Crippen LogP contribution in [0.5, 0.6) is 5.75 Å². The number of methoxy groups -OCH3 is 1. The van der Waals surface area contributed by atoms with Gasteiger partial charge < -0.3 is 4.74 Å². The molecule has 0 aliphatic carbocycles. The second-order valence-corrected chi connectivity index (χ2v) is 5.78. The molecule has 1 atom stereocenters. The highest BCUT2D eigenvalue weighted by Crippen LogP contribution is 2.33. The molecule has 5 nitrogen and oxygen atoms in total. The molecular weight excluding hydrogens is 272 g/mol. The number of rotatable bonds is 7. The van der Waals surface area contributed by atoms with Gasteiger partial charge in [-0.3, -0.25) is 10.5 Å². The zero-order chi connectivity index (χ0) is 14.5. The number of hydrogen-bond donors (Lipinski definition) is 2. The molecular formula is C14H22N4OS. The summed E-state index contributed by atoms with van der Waals surface area (Å²) in [5.74, 6) is 6.57. The highest BCUT2D eigenvalue weighted by Gasteiger charge is 2.23. The summed E-state index contributed by atoms with van der Waals surface area (Å²) in [7, 11) is 1.66. The van der Waals surface area contributed by atoms with Gasteiger partial charge in [0.2, 0.25) is 0 Å². The molecule has 2 rings (SSSR count). The van der Waals surface area contributed by atoms with Crippen LogP contribution in [0.2, 0.25) is 0 Å². The first kappa shape index (κ1) is 15.0. The van der Waals surface area contributed by atoms with Gasteiger partial charge in [-0.2, -0.15) is 5.10 Å². The zero-order valence-corrected chi connectivity index (χ0v) is 13.0. The maximum atomic E-state index is 5.80. The first-order chi connectivity index (χ1) is 9.74. The molecule has 6 heteroatoms. The second-order valence-electron chi connectivity index (χ2n) is 4.58. The van der Waals surface area contributed by atoms with E-state index in [1.165, 1.54) is 9.75 Å². The van der Waals surface area contributed by atoms with Crippen molar-refractivity contribution in [1.82, 2.24) is 15.2 Å². The van der Waals surface area contributed by atoms with Gasteiger partial charge in [0.05, 0.1) is 13.3 Å². The lowest BCUT2D eigenvalue weighted by molar-refractivity contribution is 0.399. The van der Waals surface area contributed by atoms with Crippen LogP contribution in [-0.4, -0.2) is 16.9 Å². The van der Waals surface area contributed by atoms with Crippen molar-refractivity contribution < 1.29 is 4.74 Å². The highest BCUT2D eigenvalue weighted by atomic mass is 32.1. The Hall–Kier alpha value is -1.37. The minimum absolute atomic E-state index is 0.0932.